The predicted octanol–water partition coefficient (Wildman–Crippen LogP) is 1.07. The Bertz CT molecular complexity index is 758. The third-order valence-electron chi connectivity index (χ3n) is 5.50. The standard InChI is InChI=1S/C19H30N4O3S/c1-21(2)27(25,26)23-14-9-17(10-15-23)19(24)20-11-5-12-22-13-8-16-6-3-4-7-18(16)22/h3-4,6-7,17H,5,8-15H2,1-2H3,(H,20,24). The topological polar surface area (TPSA) is 73.0 Å². The summed E-state index contributed by atoms with van der Waals surface area (Å²) in [5, 5.41) is 3.03. The summed E-state index contributed by atoms with van der Waals surface area (Å²) in [6.45, 7) is 3.46. The molecule has 0 spiro atoms. The molecule has 1 aromatic rings. The highest BCUT2D eigenvalue weighted by Crippen LogP contribution is 2.27. The van der Waals surface area contributed by atoms with E-state index in [-0.39, 0.29) is 11.8 Å². The van der Waals surface area contributed by atoms with Gasteiger partial charge in [0, 0.05) is 58.4 Å². The van der Waals surface area contributed by atoms with Crippen molar-refractivity contribution in [1.29, 1.82) is 0 Å². The van der Waals surface area contributed by atoms with E-state index < -0.39 is 10.2 Å². The Balaban J connectivity index is 1.37. The molecular weight excluding hydrogens is 364 g/mol. The Morgan fingerprint density at radius 1 is 1.19 bits per heavy atom. The number of nitrogens with one attached hydrogen (secondary N) is 1. The van der Waals surface area contributed by atoms with Crippen LogP contribution in [0.5, 0.6) is 0 Å². The fraction of sp³-hybridized carbons (Fsp3) is 0.632. The third kappa shape index (κ3) is 4.62. The van der Waals surface area contributed by atoms with Gasteiger partial charge in [-0.15, -0.1) is 0 Å². The SMILES string of the molecule is CN(C)S(=O)(=O)N1CCC(C(=O)NCCCN2CCc3ccccc32)CC1. The molecule has 8 heteroatoms. The molecule has 2 heterocycles. The first kappa shape index (κ1) is 20.1. The number of benzene rings is 1. The Morgan fingerprint density at radius 3 is 2.59 bits per heavy atom. The molecule has 0 radical (unpaired) electrons. The van der Waals surface area contributed by atoms with Crippen LogP contribution in [-0.4, -0.2) is 69.8 Å². The zero-order chi connectivity index (χ0) is 19.4. The quantitative estimate of drug-likeness (QED) is 0.703. The Morgan fingerprint density at radius 2 is 1.89 bits per heavy atom. The minimum atomic E-state index is -3.37. The molecule has 27 heavy (non-hydrogen) atoms. The van der Waals surface area contributed by atoms with E-state index in [4.69, 9.17) is 0 Å². The maximum Gasteiger partial charge on any atom is 0.281 e. The van der Waals surface area contributed by atoms with Gasteiger partial charge in [0.1, 0.15) is 0 Å². The van der Waals surface area contributed by atoms with Crippen molar-refractivity contribution in [2.24, 2.45) is 5.92 Å². The number of piperidine rings is 1. The van der Waals surface area contributed by atoms with Gasteiger partial charge in [0.15, 0.2) is 0 Å². The summed E-state index contributed by atoms with van der Waals surface area (Å²) < 4.78 is 27.0. The number of hydrogen-bond acceptors (Lipinski definition) is 4. The van der Waals surface area contributed by atoms with Gasteiger partial charge in [-0.05, 0) is 37.3 Å². The molecule has 1 aromatic carbocycles. The Kier molecular flexibility index (Phi) is 6.39. The van der Waals surface area contributed by atoms with E-state index in [1.807, 2.05) is 0 Å². The lowest BCUT2D eigenvalue weighted by molar-refractivity contribution is -0.126. The molecule has 7 nitrogen and oxygen atoms in total. The first-order chi connectivity index (χ1) is 12.9. The predicted molar refractivity (Wildman–Crippen MR) is 107 cm³/mol. The van der Waals surface area contributed by atoms with E-state index in [1.54, 1.807) is 0 Å². The number of hydrogen-bond donors (Lipinski definition) is 1. The van der Waals surface area contributed by atoms with Crippen LogP contribution in [0.3, 0.4) is 0 Å². The molecule has 0 bridgehead atoms. The van der Waals surface area contributed by atoms with Crippen molar-refractivity contribution in [3.05, 3.63) is 29.8 Å². The van der Waals surface area contributed by atoms with E-state index in [2.05, 4.69) is 34.5 Å². The molecule has 3 rings (SSSR count). The third-order valence-corrected chi connectivity index (χ3v) is 7.44. The summed E-state index contributed by atoms with van der Waals surface area (Å²) in [7, 11) is -0.305. The van der Waals surface area contributed by atoms with Gasteiger partial charge >= 0.3 is 0 Å². The normalized spacial score (nSPS) is 18.7. The van der Waals surface area contributed by atoms with Crippen LogP contribution in [-0.2, 0) is 21.4 Å². The minimum absolute atomic E-state index is 0.0544. The van der Waals surface area contributed by atoms with Crippen LogP contribution in [0.15, 0.2) is 24.3 Å². The number of anilines is 1. The number of rotatable bonds is 7. The van der Waals surface area contributed by atoms with Crippen molar-refractivity contribution in [1.82, 2.24) is 13.9 Å². The molecule has 0 unspecified atom stereocenters. The number of carbonyl (C=O) groups excluding carboxylic acids is 1. The molecule has 1 N–H and O–H groups in total. The molecule has 1 saturated heterocycles. The molecule has 2 aliphatic heterocycles. The number of amides is 1. The minimum Gasteiger partial charge on any atom is -0.371 e. The van der Waals surface area contributed by atoms with E-state index in [0.29, 0.717) is 32.5 Å². The van der Waals surface area contributed by atoms with Gasteiger partial charge in [0.2, 0.25) is 5.91 Å². The average Bonchev–Trinajstić information content (AvgIpc) is 3.08. The van der Waals surface area contributed by atoms with Crippen LogP contribution in [0, 0.1) is 5.92 Å². The number of fused-ring (bicyclic) bond motifs is 1. The van der Waals surface area contributed by atoms with Gasteiger partial charge in [0.05, 0.1) is 0 Å². The summed E-state index contributed by atoms with van der Waals surface area (Å²) in [4.78, 5) is 14.8. The van der Waals surface area contributed by atoms with Crippen LogP contribution in [0.2, 0.25) is 0 Å². The summed E-state index contributed by atoms with van der Waals surface area (Å²) >= 11 is 0. The number of para-hydroxylation sites is 1. The number of carbonyl (C=O) groups is 1. The van der Waals surface area contributed by atoms with Crippen LogP contribution in [0.1, 0.15) is 24.8 Å². The lowest BCUT2D eigenvalue weighted by atomic mass is 9.97. The monoisotopic (exact) mass is 394 g/mol. The largest absolute Gasteiger partial charge is 0.371 e. The number of nitrogens with zero attached hydrogens (tertiary/aromatic N) is 3. The highest BCUT2D eigenvalue weighted by atomic mass is 32.2. The highest BCUT2D eigenvalue weighted by molar-refractivity contribution is 7.86. The summed E-state index contributed by atoms with van der Waals surface area (Å²) in [5.74, 6) is -0.0372. The van der Waals surface area contributed by atoms with Crippen molar-refractivity contribution in [3.63, 3.8) is 0 Å². The molecule has 0 aromatic heterocycles. The molecule has 2 aliphatic rings. The molecule has 150 valence electrons. The van der Waals surface area contributed by atoms with Crippen molar-refractivity contribution >= 4 is 21.8 Å². The Hall–Kier alpha value is -1.64. The fourth-order valence-electron chi connectivity index (χ4n) is 3.84. The van der Waals surface area contributed by atoms with Crippen molar-refractivity contribution < 1.29 is 13.2 Å². The fourth-order valence-corrected chi connectivity index (χ4v) is 4.98. The second kappa shape index (κ2) is 8.58. The zero-order valence-electron chi connectivity index (χ0n) is 16.2. The van der Waals surface area contributed by atoms with Crippen molar-refractivity contribution in [2.75, 3.05) is 51.7 Å². The van der Waals surface area contributed by atoms with Gasteiger partial charge in [-0.25, -0.2) is 0 Å². The molecule has 0 saturated carbocycles. The van der Waals surface area contributed by atoms with Crippen LogP contribution in [0.25, 0.3) is 0 Å². The maximum atomic E-state index is 12.4. The molecule has 1 fully saturated rings. The van der Waals surface area contributed by atoms with Crippen molar-refractivity contribution in [3.8, 4) is 0 Å². The molecule has 0 aliphatic carbocycles. The van der Waals surface area contributed by atoms with E-state index in [0.717, 1.165) is 25.9 Å². The zero-order valence-corrected chi connectivity index (χ0v) is 17.0. The highest BCUT2D eigenvalue weighted by Gasteiger charge is 2.32. The van der Waals surface area contributed by atoms with Crippen LogP contribution >= 0.6 is 0 Å². The van der Waals surface area contributed by atoms with Gasteiger partial charge in [0.25, 0.3) is 10.2 Å². The summed E-state index contributed by atoms with van der Waals surface area (Å²) in [6.07, 6.45) is 3.17. The van der Waals surface area contributed by atoms with Gasteiger partial charge in [-0.1, -0.05) is 18.2 Å². The maximum absolute atomic E-state index is 12.4. The lowest BCUT2D eigenvalue weighted by Crippen LogP contribution is -2.47. The van der Waals surface area contributed by atoms with E-state index >= 15 is 0 Å². The lowest BCUT2D eigenvalue weighted by Gasteiger charge is -2.32. The van der Waals surface area contributed by atoms with Crippen LogP contribution in [0.4, 0.5) is 5.69 Å². The van der Waals surface area contributed by atoms with Gasteiger partial charge < -0.3 is 10.2 Å². The molecule has 0 atom stereocenters. The molecule has 1 amide bonds. The van der Waals surface area contributed by atoms with Crippen molar-refractivity contribution in [2.45, 2.75) is 25.7 Å². The smallest absolute Gasteiger partial charge is 0.281 e. The first-order valence-electron chi connectivity index (χ1n) is 9.68. The molecular formula is C19H30N4O3S. The Labute approximate surface area is 162 Å². The second-order valence-corrected chi connectivity index (χ2v) is 9.62. The average molecular weight is 395 g/mol. The van der Waals surface area contributed by atoms with E-state index in [1.165, 1.54) is 34.0 Å². The summed E-state index contributed by atoms with van der Waals surface area (Å²) in [5.41, 5.74) is 2.72. The summed E-state index contributed by atoms with van der Waals surface area (Å²) in [6, 6.07) is 8.50. The van der Waals surface area contributed by atoms with E-state index in [9.17, 15) is 13.2 Å². The van der Waals surface area contributed by atoms with Gasteiger partial charge in [-0.2, -0.15) is 17.0 Å². The van der Waals surface area contributed by atoms with Gasteiger partial charge in [-0.3, -0.25) is 4.79 Å². The first-order valence-corrected chi connectivity index (χ1v) is 11.1. The van der Waals surface area contributed by atoms with Crippen LogP contribution < -0.4 is 10.2 Å². The second-order valence-electron chi connectivity index (χ2n) is 7.47.